The van der Waals surface area contributed by atoms with Gasteiger partial charge in [-0.2, -0.15) is 0 Å². The van der Waals surface area contributed by atoms with Crippen LogP contribution in [0.1, 0.15) is 11.8 Å². The van der Waals surface area contributed by atoms with Crippen LogP contribution >= 0.6 is 11.3 Å². The first-order valence-electron chi connectivity index (χ1n) is 5.16. The summed E-state index contributed by atoms with van der Waals surface area (Å²) >= 11 is 1.57. The first kappa shape index (κ1) is 13.5. The summed E-state index contributed by atoms with van der Waals surface area (Å²) in [5.41, 5.74) is 0. The Hall–Kier alpha value is -1.56. The molecule has 6 heteroatoms. The number of hydrogen-bond acceptors (Lipinski definition) is 3. The predicted octanol–water partition coefficient (Wildman–Crippen LogP) is 1.70. The van der Waals surface area contributed by atoms with E-state index in [0.717, 1.165) is 4.88 Å². The van der Waals surface area contributed by atoms with Gasteiger partial charge >= 0.3 is 12.0 Å². The molecular formula is C11H16N2O3S. The van der Waals surface area contributed by atoms with Crippen molar-refractivity contribution in [1.29, 1.82) is 0 Å². The highest BCUT2D eigenvalue weighted by atomic mass is 32.1. The van der Waals surface area contributed by atoms with Crippen molar-refractivity contribution >= 4 is 23.3 Å². The molecule has 0 fully saturated rings. The standard InChI is InChI=1S/C11H16N2O3S/c1-8(10(14)15)13(3)11(16)12(2)7-9-5-4-6-17-9/h4-6,8H,7H2,1-3H3,(H,14,15). The zero-order valence-electron chi connectivity index (χ0n) is 10.1. The molecule has 0 aliphatic heterocycles. The molecule has 0 bridgehead atoms. The second kappa shape index (κ2) is 5.67. The molecule has 1 rings (SSSR count). The van der Waals surface area contributed by atoms with E-state index in [1.807, 2.05) is 17.5 Å². The topological polar surface area (TPSA) is 60.9 Å². The van der Waals surface area contributed by atoms with Gasteiger partial charge in [0.1, 0.15) is 6.04 Å². The molecular weight excluding hydrogens is 240 g/mol. The molecule has 17 heavy (non-hydrogen) atoms. The van der Waals surface area contributed by atoms with E-state index in [9.17, 15) is 9.59 Å². The lowest BCUT2D eigenvalue weighted by Crippen LogP contribution is -2.46. The van der Waals surface area contributed by atoms with E-state index in [-0.39, 0.29) is 6.03 Å². The third-order valence-corrected chi connectivity index (χ3v) is 3.40. The van der Waals surface area contributed by atoms with Crippen LogP contribution in [0, 0.1) is 0 Å². The Morgan fingerprint density at radius 3 is 2.59 bits per heavy atom. The number of hydrogen-bond donors (Lipinski definition) is 1. The molecule has 1 unspecified atom stereocenters. The zero-order valence-corrected chi connectivity index (χ0v) is 10.9. The minimum Gasteiger partial charge on any atom is -0.480 e. The molecule has 2 amide bonds. The van der Waals surface area contributed by atoms with Crippen LogP contribution in [-0.2, 0) is 11.3 Å². The van der Waals surface area contributed by atoms with E-state index >= 15 is 0 Å². The Morgan fingerprint density at radius 1 is 1.47 bits per heavy atom. The van der Waals surface area contributed by atoms with Crippen molar-refractivity contribution in [3.05, 3.63) is 22.4 Å². The average Bonchev–Trinajstić information content (AvgIpc) is 2.78. The number of aliphatic carboxylic acids is 1. The molecule has 1 aromatic heterocycles. The summed E-state index contributed by atoms with van der Waals surface area (Å²) in [5.74, 6) is -1.01. The van der Waals surface area contributed by atoms with Gasteiger partial charge in [0.25, 0.3) is 0 Å². The third kappa shape index (κ3) is 3.45. The molecule has 1 atom stereocenters. The number of rotatable bonds is 4. The molecule has 1 N–H and O–H groups in total. The Balaban J connectivity index is 2.60. The van der Waals surface area contributed by atoms with Crippen molar-refractivity contribution in [3.63, 3.8) is 0 Å². The van der Waals surface area contributed by atoms with Gasteiger partial charge in [0.2, 0.25) is 0 Å². The molecule has 0 spiro atoms. The van der Waals surface area contributed by atoms with Crippen molar-refractivity contribution < 1.29 is 14.7 Å². The van der Waals surface area contributed by atoms with Crippen molar-refractivity contribution in [2.24, 2.45) is 0 Å². The van der Waals surface area contributed by atoms with Crippen LogP contribution in [-0.4, -0.2) is 47.0 Å². The van der Waals surface area contributed by atoms with Crippen LogP contribution in [0.2, 0.25) is 0 Å². The molecule has 94 valence electrons. The van der Waals surface area contributed by atoms with Gasteiger partial charge in [0, 0.05) is 19.0 Å². The minimum absolute atomic E-state index is 0.298. The SMILES string of the molecule is CC(C(=O)O)N(C)C(=O)N(C)Cc1cccs1. The smallest absolute Gasteiger partial charge is 0.326 e. The summed E-state index contributed by atoms with van der Waals surface area (Å²) in [6.45, 7) is 1.98. The van der Waals surface area contributed by atoms with Gasteiger partial charge in [-0.05, 0) is 18.4 Å². The zero-order chi connectivity index (χ0) is 13.0. The van der Waals surface area contributed by atoms with E-state index < -0.39 is 12.0 Å². The van der Waals surface area contributed by atoms with Gasteiger partial charge in [-0.1, -0.05) is 6.07 Å². The number of carbonyl (C=O) groups is 2. The van der Waals surface area contributed by atoms with Crippen molar-refractivity contribution in [3.8, 4) is 0 Å². The molecule has 0 saturated carbocycles. The summed E-state index contributed by atoms with van der Waals surface area (Å²) < 4.78 is 0. The fourth-order valence-electron chi connectivity index (χ4n) is 1.30. The van der Waals surface area contributed by atoms with E-state index in [2.05, 4.69) is 0 Å². The van der Waals surface area contributed by atoms with Gasteiger partial charge < -0.3 is 14.9 Å². The summed E-state index contributed by atoms with van der Waals surface area (Å²) in [7, 11) is 3.15. The number of carboxylic acid groups (broad SMARTS) is 1. The maximum Gasteiger partial charge on any atom is 0.326 e. The Morgan fingerprint density at radius 2 is 2.12 bits per heavy atom. The molecule has 1 heterocycles. The largest absolute Gasteiger partial charge is 0.480 e. The van der Waals surface area contributed by atoms with Crippen LogP contribution in [0.3, 0.4) is 0 Å². The Kier molecular flexibility index (Phi) is 4.51. The summed E-state index contributed by atoms with van der Waals surface area (Å²) in [4.78, 5) is 26.5. The van der Waals surface area contributed by atoms with Crippen molar-refractivity contribution in [2.75, 3.05) is 14.1 Å². The first-order chi connectivity index (χ1) is 7.93. The van der Waals surface area contributed by atoms with Crippen LogP contribution < -0.4 is 0 Å². The summed E-state index contributed by atoms with van der Waals surface area (Å²) in [5, 5.41) is 10.8. The Labute approximate surface area is 104 Å². The second-order valence-corrected chi connectivity index (χ2v) is 4.88. The van der Waals surface area contributed by atoms with Crippen LogP contribution in [0.5, 0.6) is 0 Å². The number of carbonyl (C=O) groups excluding carboxylic acids is 1. The summed E-state index contributed by atoms with van der Waals surface area (Å²) in [6.07, 6.45) is 0. The van der Waals surface area contributed by atoms with E-state index in [4.69, 9.17) is 5.11 Å². The van der Waals surface area contributed by atoms with Gasteiger partial charge in [-0.15, -0.1) is 11.3 Å². The lowest BCUT2D eigenvalue weighted by atomic mass is 10.3. The number of urea groups is 1. The lowest BCUT2D eigenvalue weighted by molar-refractivity contribution is -0.141. The number of likely N-dealkylation sites (N-methyl/N-ethyl adjacent to an activating group) is 1. The van der Waals surface area contributed by atoms with E-state index in [0.29, 0.717) is 6.54 Å². The number of carboxylic acids is 1. The quantitative estimate of drug-likeness (QED) is 0.892. The van der Waals surface area contributed by atoms with E-state index in [1.165, 1.54) is 23.8 Å². The van der Waals surface area contributed by atoms with Gasteiger partial charge in [-0.25, -0.2) is 9.59 Å². The lowest BCUT2D eigenvalue weighted by Gasteiger charge is -2.27. The highest BCUT2D eigenvalue weighted by molar-refractivity contribution is 7.09. The molecule has 1 aromatic rings. The number of thiophene rings is 1. The number of nitrogens with zero attached hydrogens (tertiary/aromatic N) is 2. The molecule has 0 saturated heterocycles. The maximum absolute atomic E-state index is 11.9. The molecule has 0 aromatic carbocycles. The Bertz CT molecular complexity index is 391. The fraction of sp³-hybridized carbons (Fsp3) is 0.455. The second-order valence-electron chi connectivity index (χ2n) is 3.84. The molecule has 0 aliphatic rings. The van der Waals surface area contributed by atoms with Crippen LogP contribution in [0.15, 0.2) is 17.5 Å². The van der Waals surface area contributed by atoms with Crippen LogP contribution in [0.4, 0.5) is 4.79 Å². The molecule has 0 aliphatic carbocycles. The van der Waals surface area contributed by atoms with Crippen LogP contribution in [0.25, 0.3) is 0 Å². The van der Waals surface area contributed by atoms with Gasteiger partial charge in [-0.3, -0.25) is 0 Å². The molecule has 0 radical (unpaired) electrons. The first-order valence-corrected chi connectivity index (χ1v) is 6.04. The van der Waals surface area contributed by atoms with Gasteiger partial charge in [0.15, 0.2) is 0 Å². The summed E-state index contributed by atoms with van der Waals surface area (Å²) in [6, 6.07) is 2.73. The number of amides is 2. The van der Waals surface area contributed by atoms with Gasteiger partial charge in [0.05, 0.1) is 6.54 Å². The van der Waals surface area contributed by atoms with E-state index in [1.54, 1.807) is 18.4 Å². The minimum atomic E-state index is -1.01. The van der Waals surface area contributed by atoms with Crippen molar-refractivity contribution in [1.82, 2.24) is 9.80 Å². The van der Waals surface area contributed by atoms with Crippen molar-refractivity contribution in [2.45, 2.75) is 19.5 Å². The average molecular weight is 256 g/mol. The maximum atomic E-state index is 11.9. The predicted molar refractivity (Wildman–Crippen MR) is 66.0 cm³/mol. The highest BCUT2D eigenvalue weighted by Gasteiger charge is 2.24. The fourth-order valence-corrected chi connectivity index (χ4v) is 2.06. The normalized spacial score (nSPS) is 11.9. The highest BCUT2D eigenvalue weighted by Crippen LogP contribution is 2.12. The molecule has 5 nitrogen and oxygen atoms in total. The monoisotopic (exact) mass is 256 g/mol. The third-order valence-electron chi connectivity index (χ3n) is 2.54.